The third-order valence-electron chi connectivity index (χ3n) is 2.87. The quantitative estimate of drug-likeness (QED) is 0.757. The van der Waals surface area contributed by atoms with Gasteiger partial charge in [0.25, 0.3) is 0 Å². The van der Waals surface area contributed by atoms with Gasteiger partial charge < -0.3 is 11.1 Å². The molecule has 21 heavy (non-hydrogen) atoms. The van der Waals surface area contributed by atoms with Gasteiger partial charge in [0, 0.05) is 6.07 Å². The highest BCUT2D eigenvalue weighted by Crippen LogP contribution is 2.28. The zero-order valence-electron chi connectivity index (χ0n) is 11.0. The lowest BCUT2D eigenvalue weighted by atomic mass is 10.2. The van der Waals surface area contributed by atoms with Crippen molar-refractivity contribution in [3.63, 3.8) is 0 Å². The maximum absolute atomic E-state index is 13.7. The topological polar surface area (TPSA) is 98.2 Å². The zero-order chi connectivity index (χ0) is 15.8. The first-order valence-corrected chi connectivity index (χ1v) is 7.38. The number of rotatable bonds is 3. The molecule has 5 N–H and O–H groups in total. The molecule has 0 radical (unpaired) electrons. The number of hydrogen-bond donors (Lipinski definition) is 3. The van der Waals surface area contributed by atoms with E-state index in [1.165, 1.54) is 19.1 Å². The Morgan fingerprint density at radius 2 is 1.71 bits per heavy atom. The summed E-state index contributed by atoms with van der Waals surface area (Å²) in [4.78, 5) is -0.166. The molecule has 0 amide bonds. The van der Waals surface area contributed by atoms with E-state index < -0.39 is 21.7 Å². The van der Waals surface area contributed by atoms with Crippen LogP contribution in [0.3, 0.4) is 0 Å². The fourth-order valence-corrected chi connectivity index (χ4v) is 2.27. The molecular formula is C13H13F2N3O2S. The Morgan fingerprint density at radius 1 is 1.05 bits per heavy atom. The van der Waals surface area contributed by atoms with E-state index in [0.29, 0.717) is 0 Å². The van der Waals surface area contributed by atoms with Crippen molar-refractivity contribution < 1.29 is 17.2 Å². The highest BCUT2D eigenvalue weighted by Gasteiger charge is 2.12. The van der Waals surface area contributed by atoms with E-state index in [9.17, 15) is 17.2 Å². The number of halogens is 2. The van der Waals surface area contributed by atoms with E-state index in [0.717, 1.165) is 18.2 Å². The molecule has 0 heterocycles. The van der Waals surface area contributed by atoms with Gasteiger partial charge in [-0.1, -0.05) is 0 Å². The molecule has 0 aliphatic heterocycles. The summed E-state index contributed by atoms with van der Waals surface area (Å²) in [6.07, 6.45) is 0. The maximum atomic E-state index is 13.7. The Bertz CT molecular complexity index is 807. The molecule has 0 bridgehead atoms. The number of anilines is 3. The van der Waals surface area contributed by atoms with Crippen LogP contribution in [0.5, 0.6) is 0 Å². The lowest BCUT2D eigenvalue weighted by Gasteiger charge is -2.12. The molecule has 112 valence electrons. The minimum atomic E-state index is -3.88. The van der Waals surface area contributed by atoms with Crippen molar-refractivity contribution >= 4 is 27.1 Å². The lowest BCUT2D eigenvalue weighted by Crippen LogP contribution is -2.12. The Labute approximate surface area is 120 Å². The van der Waals surface area contributed by atoms with Gasteiger partial charge in [-0.05, 0) is 36.8 Å². The third kappa shape index (κ3) is 3.29. The fraction of sp³-hybridized carbons (Fsp3) is 0.0769. The summed E-state index contributed by atoms with van der Waals surface area (Å²) in [6, 6.07) is 5.73. The largest absolute Gasteiger partial charge is 0.397 e. The van der Waals surface area contributed by atoms with E-state index in [1.807, 2.05) is 0 Å². The number of primary sulfonamides is 1. The summed E-state index contributed by atoms with van der Waals surface area (Å²) in [7, 11) is -3.88. The molecule has 0 aromatic heterocycles. The average molecular weight is 313 g/mol. The minimum Gasteiger partial charge on any atom is -0.397 e. The van der Waals surface area contributed by atoms with Crippen LogP contribution in [0.4, 0.5) is 25.8 Å². The van der Waals surface area contributed by atoms with E-state index in [1.54, 1.807) is 0 Å². The van der Waals surface area contributed by atoms with Crippen LogP contribution in [0, 0.1) is 18.6 Å². The van der Waals surface area contributed by atoms with Crippen LogP contribution in [0.15, 0.2) is 35.2 Å². The zero-order valence-corrected chi connectivity index (χ0v) is 11.8. The second-order valence-electron chi connectivity index (χ2n) is 4.50. The minimum absolute atomic E-state index is 0.0434. The second kappa shape index (κ2) is 5.30. The van der Waals surface area contributed by atoms with Gasteiger partial charge in [0.2, 0.25) is 10.0 Å². The fourth-order valence-electron chi connectivity index (χ4n) is 1.72. The van der Waals surface area contributed by atoms with Crippen molar-refractivity contribution in [1.29, 1.82) is 0 Å². The second-order valence-corrected chi connectivity index (χ2v) is 6.06. The predicted molar refractivity (Wildman–Crippen MR) is 76.6 cm³/mol. The highest BCUT2D eigenvalue weighted by molar-refractivity contribution is 7.89. The molecule has 0 atom stereocenters. The molecule has 2 aromatic rings. The van der Waals surface area contributed by atoms with Crippen molar-refractivity contribution in [3.05, 3.63) is 47.5 Å². The lowest BCUT2D eigenvalue weighted by molar-refractivity contribution is 0.595. The van der Waals surface area contributed by atoms with Crippen LogP contribution >= 0.6 is 0 Å². The number of hydrogen-bond acceptors (Lipinski definition) is 4. The summed E-state index contributed by atoms with van der Waals surface area (Å²) in [5, 5.41) is 7.59. The first-order valence-electron chi connectivity index (χ1n) is 5.83. The van der Waals surface area contributed by atoms with Gasteiger partial charge in [0.15, 0.2) is 0 Å². The molecule has 2 rings (SSSR count). The molecule has 0 saturated carbocycles. The van der Waals surface area contributed by atoms with Crippen molar-refractivity contribution in [2.45, 2.75) is 11.8 Å². The van der Waals surface area contributed by atoms with Crippen molar-refractivity contribution in [2.24, 2.45) is 5.14 Å². The summed E-state index contributed by atoms with van der Waals surface area (Å²) in [5.41, 5.74) is 6.04. The molecule has 0 fully saturated rings. The van der Waals surface area contributed by atoms with Gasteiger partial charge in [-0.15, -0.1) is 0 Å². The van der Waals surface area contributed by atoms with E-state index in [2.05, 4.69) is 5.32 Å². The molecule has 5 nitrogen and oxygen atoms in total. The molecular weight excluding hydrogens is 300 g/mol. The summed E-state index contributed by atoms with van der Waals surface area (Å²) in [6.45, 7) is 1.44. The van der Waals surface area contributed by atoms with Crippen LogP contribution < -0.4 is 16.2 Å². The van der Waals surface area contributed by atoms with Crippen LogP contribution in [0.1, 0.15) is 5.56 Å². The van der Waals surface area contributed by atoms with E-state index >= 15 is 0 Å². The monoisotopic (exact) mass is 313 g/mol. The summed E-state index contributed by atoms with van der Waals surface area (Å²) >= 11 is 0. The van der Waals surface area contributed by atoms with Gasteiger partial charge in [-0.2, -0.15) is 0 Å². The predicted octanol–water partition coefficient (Wildman–Crippen LogP) is 2.25. The molecule has 0 unspecified atom stereocenters. The van der Waals surface area contributed by atoms with Crippen molar-refractivity contribution in [1.82, 2.24) is 0 Å². The van der Waals surface area contributed by atoms with E-state index in [-0.39, 0.29) is 27.5 Å². The molecule has 0 aliphatic carbocycles. The molecule has 0 aliphatic rings. The Kier molecular flexibility index (Phi) is 3.84. The number of sulfonamides is 1. The number of aryl methyl sites for hydroxylation is 1. The third-order valence-corrected chi connectivity index (χ3v) is 3.78. The van der Waals surface area contributed by atoms with Crippen LogP contribution in [-0.4, -0.2) is 8.42 Å². The average Bonchev–Trinajstić information content (AvgIpc) is 2.36. The van der Waals surface area contributed by atoms with E-state index in [4.69, 9.17) is 10.9 Å². The molecule has 2 aromatic carbocycles. The highest BCUT2D eigenvalue weighted by atomic mass is 32.2. The van der Waals surface area contributed by atoms with Crippen LogP contribution in [0.25, 0.3) is 0 Å². The summed E-state index contributed by atoms with van der Waals surface area (Å²) < 4.78 is 49.5. The van der Waals surface area contributed by atoms with Gasteiger partial charge in [0.1, 0.15) is 11.6 Å². The molecule has 0 saturated heterocycles. The Hall–Kier alpha value is -2.19. The standard InChI is InChI=1S/C13H13F2N3O2S/c1-7-4-10(15)13(6-9(7)14)18-12-3-2-8(5-11(12)16)21(17,19)20/h2-6,18H,16H2,1H3,(H2,17,19,20). The van der Waals surface area contributed by atoms with Crippen molar-refractivity contribution in [2.75, 3.05) is 11.1 Å². The first kappa shape index (κ1) is 15.2. The number of nitrogens with one attached hydrogen (secondary N) is 1. The summed E-state index contributed by atoms with van der Waals surface area (Å²) in [5.74, 6) is -1.22. The number of benzene rings is 2. The Balaban J connectivity index is 2.39. The van der Waals surface area contributed by atoms with Gasteiger partial charge >= 0.3 is 0 Å². The normalized spacial score (nSPS) is 11.4. The van der Waals surface area contributed by atoms with Crippen LogP contribution in [-0.2, 0) is 10.0 Å². The number of nitrogen functional groups attached to an aromatic ring is 1. The Morgan fingerprint density at radius 3 is 2.29 bits per heavy atom. The molecule has 8 heteroatoms. The van der Waals surface area contributed by atoms with Gasteiger partial charge in [-0.3, -0.25) is 0 Å². The van der Waals surface area contributed by atoms with Crippen molar-refractivity contribution in [3.8, 4) is 0 Å². The van der Waals surface area contributed by atoms with Crippen LogP contribution in [0.2, 0.25) is 0 Å². The smallest absolute Gasteiger partial charge is 0.238 e. The maximum Gasteiger partial charge on any atom is 0.238 e. The molecule has 0 spiro atoms. The van der Waals surface area contributed by atoms with Gasteiger partial charge in [-0.25, -0.2) is 22.3 Å². The SMILES string of the molecule is Cc1cc(F)c(Nc2ccc(S(N)(=O)=O)cc2N)cc1F. The van der Waals surface area contributed by atoms with Gasteiger partial charge in [0.05, 0.1) is 22.0 Å². The first-order chi connectivity index (χ1) is 9.68. The number of nitrogens with two attached hydrogens (primary N) is 2.